The van der Waals surface area contributed by atoms with Crippen molar-refractivity contribution in [3.63, 3.8) is 0 Å². The van der Waals surface area contributed by atoms with E-state index in [2.05, 4.69) is 37.9 Å². The first-order valence-corrected chi connectivity index (χ1v) is 6.93. The summed E-state index contributed by atoms with van der Waals surface area (Å²) in [7, 11) is 0. The molecule has 1 rings (SSSR count). The molecule has 1 N–H and O–H groups in total. The van der Waals surface area contributed by atoms with Crippen LogP contribution in [0.2, 0.25) is 0 Å². The third kappa shape index (κ3) is 5.86. The van der Waals surface area contributed by atoms with E-state index in [1.54, 1.807) is 0 Å². The number of rotatable bonds is 6. The van der Waals surface area contributed by atoms with Crippen molar-refractivity contribution in [1.29, 1.82) is 0 Å². The van der Waals surface area contributed by atoms with E-state index in [1.807, 2.05) is 0 Å². The van der Waals surface area contributed by atoms with Crippen molar-refractivity contribution in [3.05, 3.63) is 0 Å². The van der Waals surface area contributed by atoms with Crippen LogP contribution in [-0.2, 0) is 0 Å². The van der Waals surface area contributed by atoms with Crippen LogP contribution in [0.5, 0.6) is 0 Å². The van der Waals surface area contributed by atoms with Gasteiger partial charge in [-0.15, -0.1) is 0 Å². The van der Waals surface area contributed by atoms with Gasteiger partial charge in [-0.1, -0.05) is 27.7 Å². The summed E-state index contributed by atoms with van der Waals surface area (Å²) < 4.78 is 0. The van der Waals surface area contributed by atoms with Gasteiger partial charge < -0.3 is 10.2 Å². The van der Waals surface area contributed by atoms with Crippen LogP contribution in [0.1, 0.15) is 47.0 Å². The second kappa shape index (κ2) is 6.61. The first kappa shape index (κ1) is 14.0. The van der Waals surface area contributed by atoms with Crippen LogP contribution < -0.4 is 5.32 Å². The number of hydrogen-bond donors (Lipinski definition) is 1. The van der Waals surface area contributed by atoms with Crippen LogP contribution in [-0.4, -0.2) is 37.6 Å². The highest BCUT2D eigenvalue weighted by Gasteiger charge is 2.24. The molecule has 2 heteroatoms. The van der Waals surface area contributed by atoms with E-state index in [0.717, 1.165) is 12.5 Å². The Balaban J connectivity index is 1.98. The minimum Gasteiger partial charge on any atom is -0.315 e. The van der Waals surface area contributed by atoms with Crippen molar-refractivity contribution < 1.29 is 0 Å². The fourth-order valence-corrected chi connectivity index (χ4v) is 2.13. The fraction of sp³-hybridized carbons (Fsp3) is 1.00. The third-order valence-corrected chi connectivity index (χ3v) is 3.71. The molecule has 96 valence electrons. The third-order valence-electron chi connectivity index (χ3n) is 3.71. The zero-order valence-electron chi connectivity index (χ0n) is 11.7. The standard InChI is InChI=1S/C14H30N2/c1-13(2)5-8-15-9-12-16-10-6-14(3,4)7-11-16/h13,15H,5-12H2,1-4H3. The van der Waals surface area contributed by atoms with Crippen molar-refractivity contribution in [2.45, 2.75) is 47.0 Å². The van der Waals surface area contributed by atoms with Gasteiger partial charge in [-0.2, -0.15) is 0 Å². The average molecular weight is 226 g/mol. The van der Waals surface area contributed by atoms with Gasteiger partial charge in [0.15, 0.2) is 0 Å². The Kier molecular flexibility index (Phi) is 5.77. The molecular formula is C14H30N2. The second-order valence-corrected chi connectivity index (χ2v) is 6.44. The number of hydrogen-bond acceptors (Lipinski definition) is 2. The molecule has 0 unspecified atom stereocenters. The van der Waals surface area contributed by atoms with Crippen LogP contribution >= 0.6 is 0 Å². The van der Waals surface area contributed by atoms with E-state index < -0.39 is 0 Å². The van der Waals surface area contributed by atoms with Crippen molar-refractivity contribution in [3.8, 4) is 0 Å². The zero-order chi connectivity index (χ0) is 12.0. The van der Waals surface area contributed by atoms with Crippen LogP contribution in [0.3, 0.4) is 0 Å². The largest absolute Gasteiger partial charge is 0.315 e. The minimum absolute atomic E-state index is 0.585. The Labute approximate surface area is 102 Å². The first-order valence-electron chi connectivity index (χ1n) is 6.93. The van der Waals surface area contributed by atoms with Gasteiger partial charge in [0.05, 0.1) is 0 Å². The summed E-state index contributed by atoms with van der Waals surface area (Å²) in [5.74, 6) is 0.822. The van der Waals surface area contributed by atoms with Crippen molar-refractivity contribution >= 4 is 0 Å². The molecule has 2 nitrogen and oxygen atoms in total. The van der Waals surface area contributed by atoms with E-state index in [9.17, 15) is 0 Å². The Morgan fingerprint density at radius 1 is 1.12 bits per heavy atom. The maximum Gasteiger partial charge on any atom is 0.0107 e. The van der Waals surface area contributed by atoms with E-state index >= 15 is 0 Å². The maximum atomic E-state index is 3.54. The monoisotopic (exact) mass is 226 g/mol. The van der Waals surface area contributed by atoms with Gasteiger partial charge in [0.25, 0.3) is 0 Å². The smallest absolute Gasteiger partial charge is 0.0107 e. The van der Waals surface area contributed by atoms with Gasteiger partial charge >= 0.3 is 0 Å². The highest BCUT2D eigenvalue weighted by atomic mass is 15.1. The van der Waals surface area contributed by atoms with E-state index in [4.69, 9.17) is 0 Å². The molecule has 16 heavy (non-hydrogen) atoms. The summed E-state index contributed by atoms with van der Waals surface area (Å²) in [5.41, 5.74) is 0.585. The lowest BCUT2D eigenvalue weighted by Crippen LogP contribution is -2.40. The van der Waals surface area contributed by atoms with Crippen molar-refractivity contribution in [2.24, 2.45) is 11.3 Å². The van der Waals surface area contributed by atoms with Crippen molar-refractivity contribution in [2.75, 3.05) is 32.7 Å². The Morgan fingerprint density at radius 3 is 2.31 bits per heavy atom. The SMILES string of the molecule is CC(C)CCNCCN1CCC(C)(C)CC1. The molecule has 0 bridgehead atoms. The predicted molar refractivity (Wildman–Crippen MR) is 71.8 cm³/mol. The van der Waals surface area contributed by atoms with E-state index in [-0.39, 0.29) is 0 Å². The summed E-state index contributed by atoms with van der Waals surface area (Å²) in [5, 5.41) is 3.54. The van der Waals surface area contributed by atoms with Gasteiger partial charge in [0.1, 0.15) is 0 Å². The Bertz CT molecular complexity index is 177. The highest BCUT2D eigenvalue weighted by Crippen LogP contribution is 2.29. The number of likely N-dealkylation sites (tertiary alicyclic amines) is 1. The van der Waals surface area contributed by atoms with Gasteiger partial charge in [-0.05, 0) is 50.2 Å². The average Bonchev–Trinajstić information content (AvgIpc) is 2.19. The topological polar surface area (TPSA) is 15.3 Å². The lowest BCUT2D eigenvalue weighted by atomic mass is 9.83. The van der Waals surface area contributed by atoms with Crippen LogP contribution in [0, 0.1) is 11.3 Å². The summed E-state index contributed by atoms with van der Waals surface area (Å²) in [4.78, 5) is 2.60. The highest BCUT2D eigenvalue weighted by molar-refractivity contribution is 4.78. The fourth-order valence-electron chi connectivity index (χ4n) is 2.13. The van der Waals surface area contributed by atoms with Crippen LogP contribution in [0.4, 0.5) is 0 Å². The maximum absolute atomic E-state index is 3.54. The molecule has 0 amide bonds. The predicted octanol–water partition coefficient (Wildman–Crippen LogP) is 2.74. The van der Waals surface area contributed by atoms with Gasteiger partial charge in [0, 0.05) is 13.1 Å². The molecule has 0 atom stereocenters. The molecule has 0 aromatic heterocycles. The molecule has 0 aromatic carbocycles. The molecule has 0 aliphatic carbocycles. The molecule has 0 spiro atoms. The molecule has 0 radical (unpaired) electrons. The Hall–Kier alpha value is -0.0800. The summed E-state index contributed by atoms with van der Waals surface area (Å²) in [6.45, 7) is 15.5. The number of piperidine rings is 1. The van der Waals surface area contributed by atoms with Gasteiger partial charge in [-0.3, -0.25) is 0 Å². The van der Waals surface area contributed by atoms with Crippen molar-refractivity contribution in [1.82, 2.24) is 10.2 Å². The quantitative estimate of drug-likeness (QED) is 0.701. The van der Waals surface area contributed by atoms with E-state index in [0.29, 0.717) is 5.41 Å². The second-order valence-electron chi connectivity index (χ2n) is 6.44. The number of nitrogens with one attached hydrogen (secondary N) is 1. The lowest BCUT2D eigenvalue weighted by Gasteiger charge is -2.36. The first-order chi connectivity index (χ1) is 7.49. The molecule has 0 saturated carbocycles. The minimum atomic E-state index is 0.585. The van der Waals surface area contributed by atoms with Crippen LogP contribution in [0.15, 0.2) is 0 Å². The normalized spacial score (nSPS) is 21.6. The van der Waals surface area contributed by atoms with Crippen LogP contribution in [0.25, 0.3) is 0 Å². The summed E-state index contributed by atoms with van der Waals surface area (Å²) in [6, 6.07) is 0. The molecule has 1 aliphatic rings. The molecule has 0 aromatic rings. The molecule has 1 aliphatic heterocycles. The number of nitrogens with zero attached hydrogens (tertiary/aromatic N) is 1. The lowest BCUT2D eigenvalue weighted by molar-refractivity contribution is 0.133. The van der Waals surface area contributed by atoms with E-state index in [1.165, 1.54) is 45.4 Å². The molecule has 1 heterocycles. The van der Waals surface area contributed by atoms with Gasteiger partial charge in [-0.25, -0.2) is 0 Å². The summed E-state index contributed by atoms with van der Waals surface area (Å²) in [6.07, 6.45) is 4.02. The molecular weight excluding hydrogens is 196 g/mol. The zero-order valence-corrected chi connectivity index (χ0v) is 11.7. The van der Waals surface area contributed by atoms with Gasteiger partial charge in [0.2, 0.25) is 0 Å². The molecule has 1 fully saturated rings. The Morgan fingerprint density at radius 2 is 1.75 bits per heavy atom. The molecule has 1 saturated heterocycles. The summed E-state index contributed by atoms with van der Waals surface area (Å²) >= 11 is 0.